The quantitative estimate of drug-likeness (QED) is 0.637. The maximum atomic E-state index is 12.8. The molecule has 11 heteroatoms. The Morgan fingerprint density at radius 2 is 1.72 bits per heavy atom. The molecule has 29 heavy (non-hydrogen) atoms. The molecule has 2 heterocycles. The van der Waals surface area contributed by atoms with Crippen molar-refractivity contribution in [2.75, 3.05) is 46.7 Å². The summed E-state index contributed by atoms with van der Waals surface area (Å²) in [6.07, 6.45) is 2.69. The number of hydrogen-bond donors (Lipinski definition) is 0. The summed E-state index contributed by atoms with van der Waals surface area (Å²) < 4.78 is 36.3. The maximum absolute atomic E-state index is 12.8. The number of benzene rings is 1. The summed E-state index contributed by atoms with van der Waals surface area (Å²) in [4.78, 5) is 31.1. The Labute approximate surface area is 168 Å². The van der Waals surface area contributed by atoms with Crippen LogP contribution in [-0.2, 0) is 21.4 Å². The van der Waals surface area contributed by atoms with Crippen LogP contribution in [-0.4, -0.2) is 79.7 Å². The van der Waals surface area contributed by atoms with Gasteiger partial charge in [-0.25, -0.2) is 13.4 Å². The molecule has 0 bridgehead atoms. The van der Waals surface area contributed by atoms with E-state index in [9.17, 15) is 18.0 Å². The van der Waals surface area contributed by atoms with Crippen LogP contribution < -0.4 is 15.0 Å². The predicted molar refractivity (Wildman–Crippen MR) is 107 cm³/mol. The summed E-state index contributed by atoms with van der Waals surface area (Å²) in [6.45, 7) is 1.43. The lowest BCUT2D eigenvalue weighted by Crippen LogP contribution is -2.50. The van der Waals surface area contributed by atoms with Gasteiger partial charge in [-0.3, -0.25) is 14.2 Å². The highest BCUT2D eigenvalue weighted by Crippen LogP contribution is 2.29. The molecule has 0 radical (unpaired) electrons. The highest BCUT2D eigenvalue weighted by atomic mass is 32.2. The number of hydrogen-bond acceptors (Lipinski definition) is 7. The average molecular weight is 424 g/mol. The smallest absolute Gasteiger partial charge is 0.261 e. The minimum atomic E-state index is -3.25. The number of aryl methyl sites for hydroxylation is 1. The molecule has 1 aliphatic heterocycles. The fourth-order valence-corrected chi connectivity index (χ4v) is 4.11. The van der Waals surface area contributed by atoms with Crippen molar-refractivity contribution in [1.29, 1.82) is 0 Å². The Hall–Kier alpha value is -2.66. The largest absolute Gasteiger partial charge is 0.493 e. The number of amides is 1. The monoisotopic (exact) mass is 424 g/mol. The molecule has 2 aromatic rings. The number of piperazine rings is 1. The second-order valence-corrected chi connectivity index (χ2v) is 8.74. The second-order valence-electron chi connectivity index (χ2n) is 6.76. The lowest BCUT2D eigenvalue weighted by Gasteiger charge is -2.33. The third kappa shape index (κ3) is 4.51. The first kappa shape index (κ1) is 21.1. The number of fused-ring (bicyclic) bond motifs is 1. The van der Waals surface area contributed by atoms with E-state index in [0.717, 1.165) is 6.26 Å². The van der Waals surface area contributed by atoms with Gasteiger partial charge in [-0.15, -0.1) is 0 Å². The third-order valence-electron chi connectivity index (χ3n) is 4.96. The van der Waals surface area contributed by atoms with Crippen LogP contribution in [0.25, 0.3) is 10.9 Å². The molecule has 0 spiro atoms. The predicted octanol–water partition coefficient (Wildman–Crippen LogP) is -0.0924. The van der Waals surface area contributed by atoms with Gasteiger partial charge in [-0.2, -0.15) is 4.31 Å². The van der Waals surface area contributed by atoms with E-state index in [1.807, 2.05) is 0 Å². The number of rotatable bonds is 6. The van der Waals surface area contributed by atoms with Gasteiger partial charge < -0.3 is 14.4 Å². The summed E-state index contributed by atoms with van der Waals surface area (Å²) in [5.74, 6) is 0.780. The van der Waals surface area contributed by atoms with Crippen LogP contribution in [0.5, 0.6) is 11.5 Å². The second kappa shape index (κ2) is 8.37. The molecule has 0 N–H and O–H groups in total. The van der Waals surface area contributed by atoms with Gasteiger partial charge in [0.2, 0.25) is 15.9 Å². The van der Waals surface area contributed by atoms with Crippen LogP contribution in [0, 0.1) is 0 Å². The van der Waals surface area contributed by atoms with Crippen molar-refractivity contribution in [3.05, 3.63) is 28.8 Å². The molecule has 0 saturated carbocycles. The molecule has 1 aliphatic rings. The summed E-state index contributed by atoms with van der Waals surface area (Å²) in [6, 6.07) is 3.21. The van der Waals surface area contributed by atoms with Gasteiger partial charge in [0.05, 0.1) is 37.7 Å². The first-order valence-corrected chi connectivity index (χ1v) is 10.9. The first-order chi connectivity index (χ1) is 13.7. The van der Waals surface area contributed by atoms with E-state index in [-0.39, 0.29) is 37.5 Å². The highest BCUT2D eigenvalue weighted by Gasteiger charge is 2.25. The Morgan fingerprint density at radius 1 is 1.10 bits per heavy atom. The molecule has 1 aromatic carbocycles. The number of carbonyl (C=O) groups is 1. The molecule has 10 nitrogen and oxygen atoms in total. The molecule has 0 unspecified atom stereocenters. The molecule has 1 amide bonds. The number of sulfonamides is 1. The molecule has 1 fully saturated rings. The lowest BCUT2D eigenvalue weighted by atomic mass is 10.2. The molecular formula is C18H24N4O6S. The van der Waals surface area contributed by atoms with Crippen molar-refractivity contribution in [1.82, 2.24) is 18.8 Å². The Kier molecular flexibility index (Phi) is 6.08. The van der Waals surface area contributed by atoms with Crippen LogP contribution >= 0.6 is 0 Å². The summed E-state index contributed by atoms with van der Waals surface area (Å²) in [7, 11) is -0.252. The Morgan fingerprint density at radius 3 is 2.31 bits per heavy atom. The van der Waals surface area contributed by atoms with Crippen LogP contribution in [0.15, 0.2) is 23.3 Å². The molecule has 0 atom stereocenters. The zero-order valence-electron chi connectivity index (χ0n) is 16.6. The van der Waals surface area contributed by atoms with Gasteiger partial charge >= 0.3 is 0 Å². The number of ether oxygens (including phenoxy) is 2. The molecule has 0 aliphatic carbocycles. The lowest BCUT2D eigenvalue weighted by molar-refractivity contribution is -0.132. The van der Waals surface area contributed by atoms with E-state index in [1.54, 1.807) is 17.0 Å². The van der Waals surface area contributed by atoms with E-state index in [2.05, 4.69) is 4.98 Å². The number of carbonyl (C=O) groups excluding carboxylic acids is 1. The van der Waals surface area contributed by atoms with E-state index < -0.39 is 10.0 Å². The van der Waals surface area contributed by atoms with Gasteiger partial charge in [0, 0.05) is 45.2 Å². The Bertz CT molecular complexity index is 1070. The van der Waals surface area contributed by atoms with Crippen LogP contribution in [0.1, 0.15) is 6.42 Å². The molecule has 1 aromatic heterocycles. The van der Waals surface area contributed by atoms with E-state index in [1.165, 1.54) is 29.4 Å². The number of aromatic nitrogens is 2. The van der Waals surface area contributed by atoms with Crippen molar-refractivity contribution in [2.45, 2.75) is 13.0 Å². The fraction of sp³-hybridized carbons (Fsp3) is 0.500. The molecule has 158 valence electrons. The van der Waals surface area contributed by atoms with Gasteiger partial charge in [-0.05, 0) is 6.07 Å². The van der Waals surface area contributed by atoms with Crippen molar-refractivity contribution >= 4 is 26.8 Å². The van der Waals surface area contributed by atoms with Crippen LogP contribution in [0.4, 0.5) is 0 Å². The molecule has 1 saturated heterocycles. The first-order valence-electron chi connectivity index (χ1n) is 9.08. The van der Waals surface area contributed by atoms with Crippen molar-refractivity contribution in [3.8, 4) is 11.5 Å². The minimum absolute atomic E-state index is 0.124. The maximum Gasteiger partial charge on any atom is 0.261 e. The van der Waals surface area contributed by atoms with E-state index >= 15 is 0 Å². The molecule has 3 rings (SSSR count). The number of nitrogens with zero attached hydrogens (tertiary/aromatic N) is 4. The highest BCUT2D eigenvalue weighted by molar-refractivity contribution is 7.88. The summed E-state index contributed by atoms with van der Waals surface area (Å²) in [5, 5.41) is 0.374. The minimum Gasteiger partial charge on any atom is -0.493 e. The zero-order valence-corrected chi connectivity index (χ0v) is 17.4. The van der Waals surface area contributed by atoms with Crippen molar-refractivity contribution < 1.29 is 22.7 Å². The summed E-state index contributed by atoms with van der Waals surface area (Å²) in [5.41, 5.74) is 0.206. The molecular weight excluding hydrogens is 400 g/mol. The van der Waals surface area contributed by atoms with Gasteiger partial charge in [0.15, 0.2) is 11.5 Å². The SMILES string of the molecule is COc1cc2ncn(CCC(=O)N3CCN(S(C)(=O)=O)CC3)c(=O)c2cc1OC. The van der Waals surface area contributed by atoms with Gasteiger partial charge in [-0.1, -0.05) is 0 Å². The Balaban J connectivity index is 1.70. The van der Waals surface area contributed by atoms with Crippen LogP contribution in [0.3, 0.4) is 0 Å². The fourth-order valence-electron chi connectivity index (χ4n) is 3.29. The van der Waals surface area contributed by atoms with Gasteiger partial charge in [0.1, 0.15) is 0 Å². The van der Waals surface area contributed by atoms with Crippen molar-refractivity contribution in [3.63, 3.8) is 0 Å². The summed E-state index contributed by atoms with van der Waals surface area (Å²) >= 11 is 0. The average Bonchev–Trinajstić information content (AvgIpc) is 2.71. The van der Waals surface area contributed by atoms with Crippen molar-refractivity contribution in [2.24, 2.45) is 0 Å². The normalized spacial score (nSPS) is 15.5. The standard InChI is InChI=1S/C18H24N4O6S/c1-27-15-10-13-14(11-16(15)28-2)19-12-21(18(13)24)5-4-17(23)20-6-8-22(9-7-20)29(3,25)26/h10-12H,4-9H2,1-3H3. The van der Waals surface area contributed by atoms with Gasteiger partial charge in [0.25, 0.3) is 5.56 Å². The van der Waals surface area contributed by atoms with E-state index in [4.69, 9.17) is 9.47 Å². The topological polar surface area (TPSA) is 111 Å². The van der Waals surface area contributed by atoms with Crippen LogP contribution in [0.2, 0.25) is 0 Å². The van der Waals surface area contributed by atoms with E-state index in [0.29, 0.717) is 35.5 Å². The zero-order chi connectivity index (χ0) is 21.2. The number of methoxy groups -OCH3 is 2. The third-order valence-corrected chi connectivity index (χ3v) is 6.26.